The van der Waals surface area contributed by atoms with Crippen molar-refractivity contribution in [2.45, 2.75) is 30.5 Å². The summed E-state index contributed by atoms with van der Waals surface area (Å²) in [4.78, 5) is 0.00225. The van der Waals surface area contributed by atoms with Gasteiger partial charge in [0.2, 0.25) is 10.0 Å². The average molecular weight is 430 g/mol. The van der Waals surface area contributed by atoms with Crippen molar-refractivity contribution in [3.63, 3.8) is 0 Å². The molecule has 9 heteroatoms. The number of halogens is 1. The van der Waals surface area contributed by atoms with E-state index >= 15 is 0 Å². The summed E-state index contributed by atoms with van der Waals surface area (Å²) in [7, 11) is -7.62. The molecule has 1 N–H and O–H groups in total. The molecule has 27 heavy (non-hydrogen) atoms. The summed E-state index contributed by atoms with van der Waals surface area (Å²) < 4.78 is 51.9. The second-order valence-corrected chi connectivity index (χ2v) is 11.1. The van der Waals surface area contributed by atoms with Gasteiger partial charge < -0.3 is 5.11 Å². The van der Waals surface area contributed by atoms with E-state index in [1.54, 1.807) is 49.4 Å². The van der Waals surface area contributed by atoms with E-state index in [4.69, 9.17) is 11.6 Å². The number of aliphatic hydroxyl groups excluding tert-OH is 1. The third-order valence-corrected chi connectivity index (χ3v) is 8.53. The zero-order valence-corrected chi connectivity index (χ0v) is 17.0. The second kappa shape index (κ2) is 7.52. The number of hydrogen-bond acceptors (Lipinski definition) is 5. The highest BCUT2D eigenvalue weighted by molar-refractivity contribution is 7.92. The normalized spacial score (nSPS) is 22.2. The Morgan fingerprint density at radius 2 is 1.81 bits per heavy atom. The fourth-order valence-corrected chi connectivity index (χ4v) is 7.23. The van der Waals surface area contributed by atoms with E-state index in [9.17, 15) is 21.9 Å². The van der Waals surface area contributed by atoms with Gasteiger partial charge in [0.25, 0.3) is 0 Å². The van der Waals surface area contributed by atoms with E-state index in [1.165, 1.54) is 6.07 Å². The van der Waals surface area contributed by atoms with Crippen LogP contribution in [0.2, 0.25) is 5.02 Å². The zero-order valence-electron chi connectivity index (χ0n) is 14.6. The van der Waals surface area contributed by atoms with Gasteiger partial charge in [-0.25, -0.2) is 16.8 Å². The number of aryl methyl sites for hydroxylation is 1. The Bertz CT molecular complexity index is 1040. The third kappa shape index (κ3) is 4.35. The first-order valence-corrected chi connectivity index (χ1v) is 11.9. The molecule has 146 valence electrons. The van der Waals surface area contributed by atoms with Gasteiger partial charge in [0.15, 0.2) is 9.84 Å². The lowest BCUT2D eigenvalue weighted by Crippen LogP contribution is -2.46. The Morgan fingerprint density at radius 1 is 1.15 bits per heavy atom. The molecule has 1 aliphatic rings. The highest BCUT2D eigenvalue weighted by Gasteiger charge is 2.45. The summed E-state index contributed by atoms with van der Waals surface area (Å²) >= 11 is 5.99. The smallest absolute Gasteiger partial charge is 0.244 e. The monoisotopic (exact) mass is 429 g/mol. The Labute approximate surface area is 164 Å². The molecule has 0 spiro atoms. The van der Waals surface area contributed by atoms with Crippen molar-refractivity contribution in [3.05, 3.63) is 64.7 Å². The van der Waals surface area contributed by atoms with Crippen LogP contribution in [0.3, 0.4) is 0 Å². The van der Waals surface area contributed by atoms with Crippen LogP contribution in [0.1, 0.15) is 11.1 Å². The summed E-state index contributed by atoms with van der Waals surface area (Å²) in [6.45, 7) is 1.60. The average Bonchev–Trinajstić information content (AvgIpc) is 2.87. The van der Waals surface area contributed by atoms with E-state index in [-0.39, 0.29) is 16.5 Å². The van der Waals surface area contributed by atoms with Gasteiger partial charge >= 0.3 is 0 Å². The summed E-state index contributed by atoms with van der Waals surface area (Å²) in [6, 6.07) is 12.3. The molecular formula is C18H20ClNO5S2. The van der Waals surface area contributed by atoms with Crippen LogP contribution in [0.25, 0.3) is 0 Å². The quantitative estimate of drug-likeness (QED) is 0.784. The lowest BCUT2D eigenvalue weighted by Gasteiger charge is -2.30. The molecular weight excluding hydrogens is 410 g/mol. The van der Waals surface area contributed by atoms with Crippen LogP contribution in [-0.4, -0.2) is 49.9 Å². The summed E-state index contributed by atoms with van der Waals surface area (Å²) in [6.07, 6.45) is -1.28. The van der Waals surface area contributed by atoms with Crippen LogP contribution in [0.4, 0.5) is 0 Å². The molecule has 0 radical (unpaired) electrons. The molecule has 0 bridgehead atoms. The van der Waals surface area contributed by atoms with Gasteiger partial charge in [-0.05, 0) is 30.2 Å². The van der Waals surface area contributed by atoms with Crippen molar-refractivity contribution in [3.8, 4) is 0 Å². The molecule has 1 aliphatic heterocycles. The van der Waals surface area contributed by atoms with Crippen molar-refractivity contribution in [1.29, 1.82) is 0 Å². The number of sulfonamides is 1. The number of hydrogen-bond donors (Lipinski definition) is 1. The maximum Gasteiger partial charge on any atom is 0.244 e. The van der Waals surface area contributed by atoms with Crippen LogP contribution >= 0.6 is 11.6 Å². The first-order valence-electron chi connectivity index (χ1n) is 8.30. The van der Waals surface area contributed by atoms with Crippen LogP contribution < -0.4 is 0 Å². The molecule has 1 saturated heterocycles. The topological polar surface area (TPSA) is 91.8 Å². The molecule has 2 aromatic carbocycles. The molecule has 0 saturated carbocycles. The fraction of sp³-hybridized carbons (Fsp3) is 0.333. The zero-order chi connectivity index (χ0) is 19.8. The van der Waals surface area contributed by atoms with Gasteiger partial charge in [0, 0.05) is 11.6 Å². The van der Waals surface area contributed by atoms with Gasteiger partial charge in [0.1, 0.15) is 0 Å². The first kappa shape index (κ1) is 20.3. The standard InChI is InChI=1S/C18H20ClNO5S2/c1-13-7-8-15(19)9-18(13)27(24,25)20(10-14-5-3-2-4-6-14)16-11-26(22,23)12-17(16)21/h2-9,16-17,21H,10-12H2,1H3/t16-,17-/m0/s1. The molecule has 2 atom stereocenters. The highest BCUT2D eigenvalue weighted by atomic mass is 35.5. The molecule has 1 fully saturated rings. The van der Waals surface area contributed by atoms with Crippen molar-refractivity contribution in [1.82, 2.24) is 4.31 Å². The number of sulfone groups is 1. The number of aliphatic hydroxyl groups is 1. The third-order valence-electron chi connectivity index (χ3n) is 4.58. The van der Waals surface area contributed by atoms with Crippen LogP contribution in [0.15, 0.2) is 53.4 Å². The maximum atomic E-state index is 13.4. The maximum absolute atomic E-state index is 13.4. The summed E-state index contributed by atoms with van der Waals surface area (Å²) in [5.74, 6) is -0.868. The van der Waals surface area contributed by atoms with E-state index in [0.29, 0.717) is 11.1 Å². The Kier molecular flexibility index (Phi) is 5.65. The van der Waals surface area contributed by atoms with Gasteiger partial charge in [0.05, 0.1) is 28.5 Å². The van der Waals surface area contributed by atoms with E-state index in [0.717, 1.165) is 4.31 Å². The molecule has 0 aromatic heterocycles. The lowest BCUT2D eigenvalue weighted by molar-refractivity contribution is 0.125. The second-order valence-electron chi connectivity index (χ2n) is 6.66. The predicted octanol–water partition coefficient (Wildman–Crippen LogP) is 2.00. The lowest BCUT2D eigenvalue weighted by atomic mass is 10.2. The van der Waals surface area contributed by atoms with Gasteiger partial charge in [-0.3, -0.25) is 0 Å². The van der Waals surface area contributed by atoms with E-state index in [1.807, 2.05) is 0 Å². The number of benzene rings is 2. The minimum Gasteiger partial charge on any atom is -0.390 e. The van der Waals surface area contributed by atoms with E-state index in [2.05, 4.69) is 0 Å². The molecule has 2 aromatic rings. The minimum atomic E-state index is -4.09. The van der Waals surface area contributed by atoms with Crippen LogP contribution in [-0.2, 0) is 26.4 Å². The summed E-state index contributed by atoms with van der Waals surface area (Å²) in [5.41, 5.74) is 1.19. The molecule has 3 rings (SSSR count). The SMILES string of the molecule is Cc1ccc(Cl)cc1S(=O)(=O)N(Cc1ccccc1)[C@H]1CS(=O)(=O)C[C@@H]1O. The van der Waals surface area contributed by atoms with Crippen molar-refractivity contribution in [2.75, 3.05) is 11.5 Å². The molecule has 0 amide bonds. The largest absolute Gasteiger partial charge is 0.390 e. The van der Waals surface area contributed by atoms with Gasteiger partial charge in [-0.1, -0.05) is 48.0 Å². The number of nitrogens with zero attached hydrogens (tertiary/aromatic N) is 1. The van der Waals surface area contributed by atoms with Gasteiger partial charge in [-0.2, -0.15) is 4.31 Å². The number of rotatable bonds is 5. The molecule has 6 nitrogen and oxygen atoms in total. The van der Waals surface area contributed by atoms with Crippen molar-refractivity contribution >= 4 is 31.5 Å². The van der Waals surface area contributed by atoms with Gasteiger partial charge in [-0.15, -0.1) is 0 Å². The highest BCUT2D eigenvalue weighted by Crippen LogP contribution is 2.30. The van der Waals surface area contributed by atoms with Crippen LogP contribution in [0, 0.1) is 6.92 Å². The van der Waals surface area contributed by atoms with Crippen LogP contribution in [0.5, 0.6) is 0 Å². The molecule has 0 aliphatic carbocycles. The molecule has 0 unspecified atom stereocenters. The molecule has 1 heterocycles. The Morgan fingerprint density at radius 3 is 2.41 bits per heavy atom. The van der Waals surface area contributed by atoms with E-state index < -0.39 is 43.5 Å². The fourth-order valence-electron chi connectivity index (χ4n) is 3.21. The Hall–Kier alpha value is -1.45. The van der Waals surface area contributed by atoms with Crippen molar-refractivity contribution < 1.29 is 21.9 Å². The Balaban J connectivity index is 2.10. The minimum absolute atomic E-state index is 0.00225. The van der Waals surface area contributed by atoms with Crippen molar-refractivity contribution in [2.24, 2.45) is 0 Å². The predicted molar refractivity (Wildman–Crippen MR) is 104 cm³/mol. The first-order chi connectivity index (χ1) is 12.6. The summed E-state index contributed by atoms with van der Waals surface area (Å²) in [5, 5.41) is 10.6.